The van der Waals surface area contributed by atoms with Crippen LogP contribution in [0, 0.1) is 11.8 Å². The Morgan fingerprint density at radius 2 is 1.87 bits per heavy atom. The molecule has 0 aliphatic heterocycles. The Balaban J connectivity index is 1.99. The van der Waals surface area contributed by atoms with Crippen LogP contribution >= 0.6 is 0 Å². The van der Waals surface area contributed by atoms with Gasteiger partial charge in [0, 0.05) is 6.04 Å². The highest BCUT2D eigenvalue weighted by Gasteiger charge is 2.19. The molecule has 1 saturated carbocycles. The molecule has 0 heterocycles. The quantitative estimate of drug-likeness (QED) is 0.655. The molecule has 1 nitrogen and oxygen atoms in total. The minimum Gasteiger partial charge on any atom is -0.314 e. The fraction of sp³-hybridized carbons (Fsp3) is 1.00. The van der Waals surface area contributed by atoms with Gasteiger partial charge in [-0.25, -0.2) is 0 Å². The summed E-state index contributed by atoms with van der Waals surface area (Å²) >= 11 is 0. The minimum atomic E-state index is 0.817. The molecular formula is C14H29N. The second-order valence-electron chi connectivity index (χ2n) is 5.71. The van der Waals surface area contributed by atoms with Gasteiger partial charge in [-0.3, -0.25) is 0 Å². The Morgan fingerprint density at radius 3 is 2.53 bits per heavy atom. The second-order valence-corrected chi connectivity index (χ2v) is 5.71. The van der Waals surface area contributed by atoms with Gasteiger partial charge >= 0.3 is 0 Å². The van der Waals surface area contributed by atoms with E-state index in [-0.39, 0.29) is 0 Å². The first kappa shape index (κ1) is 13.0. The lowest BCUT2D eigenvalue weighted by atomic mass is 9.86. The zero-order valence-electron chi connectivity index (χ0n) is 10.9. The molecule has 0 saturated heterocycles. The van der Waals surface area contributed by atoms with Crippen molar-refractivity contribution in [1.29, 1.82) is 0 Å². The van der Waals surface area contributed by atoms with E-state index in [1.54, 1.807) is 0 Å². The number of hydrogen-bond donors (Lipinski definition) is 1. The lowest BCUT2D eigenvalue weighted by Gasteiger charge is -2.29. The normalized spacial score (nSPS) is 27.2. The van der Waals surface area contributed by atoms with E-state index in [0.29, 0.717) is 0 Å². The molecule has 15 heavy (non-hydrogen) atoms. The van der Waals surface area contributed by atoms with Crippen molar-refractivity contribution in [3.8, 4) is 0 Å². The predicted molar refractivity (Wildman–Crippen MR) is 68.1 cm³/mol. The summed E-state index contributed by atoms with van der Waals surface area (Å²) in [5.74, 6) is 1.78. The summed E-state index contributed by atoms with van der Waals surface area (Å²) in [4.78, 5) is 0. The van der Waals surface area contributed by atoms with Crippen LogP contribution < -0.4 is 5.32 Å². The monoisotopic (exact) mass is 211 g/mol. The lowest BCUT2D eigenvalue weighted by molar-refractivity contribution is 0.279. The number of hydrogen-bond acceptors (Lipinski definition) is 1. The van der Waals surface area contributed by atoms with Gasteiger partial charge in [-0.1, -0.05) is 46.5 Å². The largest absolute Gasteiger partial charge is 0.314 e. The highest BCUT2D eigenvalue weighted by atomic mass is 14.9. The number of nitrogens with one attached hydrogen (secondary N) is 1. The van der Waals surface area contributed by atoms with Crippen LogP contribution in [-0.2, 0) is 0 Å². The topological polar surface area (TPSA) is 12.0 Å². The summed E-state index contributed by atoms with van der Waals surface area (Å²) in [7, 11) is 0. The first-order valence-electron chi connectivity index (χ1n) is 6.93. The molecule has 1 fully saturated rings. The van der Waals surface area contributed by atoms with E-state index >= 15 is 0 Å². The Labute approximate surface area is 96.0 Å². The standard InChI is InChI=1S/C14H29N/c1-12(2)8-6-7-11-15-14-10-5-4-9-13(14)3/h12-15H,4-11H2,1-3H3. The summed E-state index contributed by atoms with van der Waals surface area (Å²) in [5, 5.41) is 3.75. The fourth-order valence-corrected chi connectivity index (χ4v) is 2.58. The van der Waals surface area contributed by atoms with Crippen LogP contribution in [0.3, 0.4) is 0 Å². The molecule has 1 rings (SSSR count). The molecule has 0 aromatic carbocycles. The molecular weight excluding hydrogens is 182 g/mol. The van der Waals surface area contributed by atoms with Crippen molar-refractivity contribution in [2.75, 3.05) is 6.54 Å². The fourth-order valence-electron chi connectivity index (χ4n) is 2.58. The summed E-state index contributed by atoms with van der Waals surface area (Å²) in [5.41, 5.74) is 0. The van der Waals surface area contributed by atoms with E-state index in [1.165, 1.54) is 51.5 Å². The van der Waals surface area contributed by atoms with Gasteiger partial charge in [-0.2, -0.15) is 0 Å². The van der Waals surface area contributed by atoms with Crippen LogP contribution in [-0.4, -0.2) is 12.6 Å². The molecule has 0 amide bonds. The summed E-state index contributed by atoms with van der Waals surface area (Å²) < 4.78 is 0. The molecule has 0 aromatic heterocycles. The predicted octanol–water partition coefficient (Wildman–Crippen LogP) is 3.98. The van der Waals surface area contributed by atoms with Crippen LogP contribution in [0.5, 0.6) is 0 Å². The molecule has 1 aliphatic rings. The Hall–Kier alpha value is -0.0400. The van der Waals surface area contributed by atoms with Crippen molar-refractivity contribution in [2.45, 2.75) is 71.8 Å². The van der Waals surface area contributed by atoms with Crippen molar-refractivity contribution in [1.82, 2.24) is 5.32 Å². The highest BCUT2D eigenvalue weighted by Crippen LogP contribution is 2.23. The third-order valence-corrected chi connectivity index (χ3v) is 3.73. The number of rotatable bonds is 6. The van der Waals surface area contributed by atoms with E-state index in [1.807, 2.05) is 0 Å². The van der Waals surface area contributed by atoms with Crippen molar-refractivity contribution in [2.24, 2.45) is 11.8 Å². The molecule has 90 valence electrons. The van der Waals surface area contributed by atoms with Gasteiger partial charge in [0.15, 0.2) is 0 Å². The van der Waals surface area contributed by atoms with Crippen LogP contribution in [0.2, 0.25) is 0 Å². The molecule has 1 aliphatic carbocycles. The van der Waals surface area contributed by atoms with Crippen LogP contribution in [0.15, 0.2) is 0 Å². The summed E-state index contributed by atoms with van der Waals surface area (Å²) in [6.07, 6.45) is 9.88. The second kappa shape index (κ2) is 7.27. The molecule has 0 spiro atoms. The van der Waals surface area contributed by atoms with E-state index in [4.69, 9.17) is 0 Å². The van der Waals surface area contributed by atoms with E-state index in [2.05, 4.69) is 26.1 Å². The molecule has 0 aromatic rings. The van der Waals surface area contributed by atoms with Crippen LogP contribution in [0.4, 0.5) is 0 Å². The third-order valence-electron chi connectivity index (χ3n) is 3.73. The van der Waals surface area contributed by atoms with Crippen molar-refractivity contribution < 1.29 is 0 Å². The highest BCUT2D eigenvalue weighted by molar-refractivity contribution is 4.77. The van der Waals surface area contributed by atoms with Crippen molar-refractivity contribution in [3.05, 3.63) is 0 Å². The van der Waals surface area contributed by atoms with E-state index in [9.17, 15) is 0 Å². The maximum atomic E-state index is 3.75. The van der Waals surface area contributed by atoms with Crippen molar-refractivity contribution in [3.63, 3.8) is 0 Å². The lowest BCUT2D eigenvalue weighted by Crippen LogP contribution is -2.37. The maximum Gasteiger partial charge on any atom is 0.00926 e. The summed E-state index contributed by atoms with van der Waals surface area (Å²) in [6, 6.07) is 0.817. The first-order valence-corrected chi connectivity index (χ1v) is 6.93. The van der Waals surface area contributed by atoms with Gasteiger partial charge in [0.2, 0.25) is 0 Å². The zero-order chi connectivity index (χ0) is 11.1. The maximum absolute atomic E-state index is 3.75. The SMILES string of the molecule is CC(C)CCCCNC1CCCCC1C. The molecule has 0 radical (unpaired) electrons. The van der Waals surface area contributed by atoms with Crippen LogP contribution in [0.25, 0.3) is 0 Å². The Morgan fingerprint density at radius 1 is 1.13 bits per heavy atom. The third kappa shape index (κ3) is 5.55. The van der Waals surface area contributed by atoms with Gasteiger partial charge in [-0.15, -0.1) is 0 Å². The van der Waals surface area contributed by atoms with Crippen molar-refractivity contribution >= 4 is 0 Å². The smallest absolute Gasteiger partial charge is 0.00926 e. The summed E-state index contributed by atoms with van der Waals surface area (Å²) in [6.45, 7) is 8.28. The molecule has 2 atom stereocenters. The molecule has 2 unspecified atom stereocenters. The Kier molecular flexibility index (Phi) is 6.31. The number of unbranched alkanes of at least 4 members (excludes halogenated alkanes) is 1. The average Bonchev–Trinajstić information content (AvgIpc) is 2.20. The van der Waals surface area contributed by atoms with E-state index < -0.39 is 0 Å². The molecule has 1 heteroatoms. The molecule has 0 bridgehead atoms. The van der Waals surface area contributed by atoms with Gasteiger partial charge in [0.05, 0.1) is 0 Å². The van der Waals surface area contributed by atoms with Crippen LogP contribution in [0.1, 0.15) is 65.7 Å². The Bertz CT molecular complexity index is 153. The molecule has 1 N–H and O–H groups in total. The van der Waals surface area contributed by atoms with Gasteiger partial charge in [0.25, 0.3) is 0 Å². The van der Waals surface area contributed by atoms with Gasteiger partial charge in [-0.05, 0) is 37.6 Å². The van der Waals surface area contributed by atoms with Gasteiger partial charge < -0.3 is 5.32 Å². The van der Waals surface area contributed by atoms with Gasteiger partial charge in [0.1, 0.15) is 0 Å². The minimum absolute atomic E-state index is 0.817. The average molecular weight is 211 g/mol. The van der Waals surface area contributed by atoms with E-state index in [0.717, 1.165) is 17.9 Å². The zero-order valence-corrected chi connectivity index (χ0v) is 10.9. The first-order chi connectivity index (χ1) is 7.20.